The average molecular weight is 1940 g/mol. The maximum atomic E-state index is 5.26. The van der Waals surface area contributed by atoms with Gasteiger partial charge in [0, 0.05) is 261 Å². The van der Waals surface area contributed by atoms with Crippen molar-refractivity contribution in [3.8, 4) is 83.5 Å². The Hall–Kier alpha value is -19.8. The number of imidazole rings is 3. The third-order valence-electron chi connectivity index (χ3n) is 29.3. The molecule has 706 valence electrons. The summed E-state index contributed by atoms with van der Waals surface area (Å²) in [5.74, 6) is 2.77. The molecule has 0 aliphatic heterocycles. The first kappa shape index (κ1) is 88.0. The number of fused-ring (bicyclic) bond motifs is 31. The van der Waals surface area contributed by atoms with Crippen molar-refractivity contribution in [2.45, 2.75) is 26.2 Å². The second kappa shape index (κ2) is 36.2. The molecule has 0 aliphatic carbocycles. The van der Waals surface area contributed by atoms with Crippen LogP contribution in [0.25, 0.3) is 268 Å². The van der Waals surface area contributed by atoms with E-state index in [1.54, 1.807) is 0 Å². The van der Waals surface area contributed by atoms with E-state index in [0.29, 0.717) is 0 Å². The third-order valence-corrected chi connectivity index (χ3v) is 30.6. The Labute approximate surface area is 863 Å². The van der Waals surface area contributed by atoms with Crippen molar-refractivity contribution in [2.75, 3.05) is 0 Å². The average Bonchev–Trinajstić information content (AvgIpc) is 1.56. The van der Waals surface area contributed by atoms with Gasteiger partial charge >= 0.3 is 0 Å². The van der Waals surface area contributed by atoms with E-state index in [4.69, 9.17) is 15.0 Å². The molecule has 31 rings (SSSR count). The number of aromatic nitrogens is 16. The van der Waals surface area contributed by atoms with Crippen LogP contribution >= 0.6 is 11.3 Å². The van der Waals surface area contributed by atoms with Gasteiger partial charge in [-0.3, -0.25) is 53.6 Å². The molecule has 31 aromatic rings. The zero-order chi connectivity index (χ0) is 99.6. The first-order chi connectivity index (χ1) is 74.2. The van der Waals surface area contributed by atoms with E-state index in [2.05, 4.69) is 423 Å². The van der Waals surface area contributed by atoms with E-state index in [1.807, 2.05) is 153 Å². The van der Waals surface area contributed by atoms with Crippen LogP contribution in [-0.4, -0.2) is 77.7 Å². The van der Waals surface area contributed by atoms with Crippen LogP contribution < -0.4 is 0 Å². The minimum Gasteiger partial charge on any atom is -0.309 e. The Bertz CT molecular complexity index is 10500. The van der Waals surface area contributed by atoms with Crippen molar-refractivity contribution in [1.82, 2.24) is 77.7 Å². The fourth-order valence-electron chi connectivity index (χ4n) is 22.6. The van der Waals surface area contributed by atoms with Crippen molar-refractivity contribution in [3.63, 3.8) is 0 Å². The normalized spacial score (nSPS) is 11.8. The predicted octanol–water partition coefficient (Wildman–Crippen LogP) is 33.3. The summed E-state index contributed by atoms with van der Waals surface area (Å²) in [6, 6.07) is 135. The zero-order valence-corrected chi connectivity index (χ0v) is 82.5. The monoisotopic (exact) mass is 1940 g/mol. The maximum Gasteiger partial charge on any atom is 0.145 e. The van der Waals surface area contributed by atoms with Gasteiger partial charge in [-0.05, 0) is 178 Å². The van der Waals surface area contributed by atoms with Crippen molar-refractivity contribution in [1.29, 1.82) is 0 Å². The van der Waals surface area contributed by atoms with Crippen molar-refractivity contribution in [2.24, 2.45) is 0 Å². The molecule has 17 aromatic carbocycles. The molecule has 0 atom stereocenters. The van der Waals surface area contributed by atoms with E-state index in [9.17, 15) is 0 Å². The van der Waals surface area contributed by atoms with Crippen LogP contribution in [0.5, 0.6) is 0 Å². The van der Waals surface area contributed by atoms with Gasteiger partial charge in [0.15, 0.2) is 0 Å². The van der Waals surface area contributed by atoms with E-state index in [-0.39, 0.29) is 5.41 Å². The zero-order valence-electron chi connectivity index (χ0n) is 81.7. The summed E-state index contributed by atoms with van der Waals surface area (Å²) in [7, 11) is 0. The minimum absolute atomic E-state index is 0.0966. The summed E-state index contributed by atoms with van der Waals surface area (Å²) in [4.78, 5) is 53.7. The number of hydrogen-bond acceptors (Lipinski definition) is 12. The van der Waals surface area contributed by atoms with Gasteiger partial charge < -0.3 is 9.13 Å². The topological polar surface area (TPSA) is 166 Å². The number of nitrogens with zero attached hydrogens (tertiary/aromatic N) is 16. The van der Waals surface area contributed by atoms with Gasteiger partial charge in [-0.1, -0.05) is 263 Å². The SMILES string of the molecule is CC(C)(C)c1ccc(-n2c(-c3ccccc3)nc3c4ccncc4c4cnccc4c32)cc1.c1ccc(-c2nc3c4ccncc4c4cnccc4c3n2-c2cccc3ccccc23)cc1.c1ccc(-c2nc3c4ccncc4c4cnccc4c3n2-c2ccccc2)cc1.c1ccc(-n2c3ccccc3c3cc(-c4sc(-c5ccc6c(c5)c5ccccc5n6-c5ccccc5)c5c6ccncc6c6cnccc6c45)ccc32)cc1. The second-order valence-electron chi connectivity index (χ2n) is 38.9. The van der Waals surface area contributed by atoms with Crippen molar-refractivity contribution in [3.05, 3.63) is 487 Å². The molecule has 14 aromatic heterocycles. The van der Waals surface area contributed by atoms with E-state index >= 15 is 0 Å². The molecule has 17 heteroatoms. The number of rotatable bonds is 10. The second-order valence-corrected chi connectivity index (χ2v) is 39.9. The molecule has 16 nitrogen and oxygen atoms in total. The van der Waals surface area contributed by atoms with E-state index in [0.717, 1.165) is 171 Å². The Kier molecular flexibility index (Phi) is 21.3. The minimum atomic E-state index is 0.0966. The van der Waals surface area contributed by atoms with Crippen LogP contribution in [0, 0.1) is 0 Å². The highest BCUT2D eigenvalue weighted by Gasteiger charge is 2.29. The molecule has 0 saturated carbocycles. The molecule has 0 radical (unpaired) electrons. The largest absolute Gasteiger partial charge is 0.309 e. The summed E-state index contributed by atoms with van der Waals surface area (Å²) in [5, 5.41) is 27.6. The molecule has 0 fully saturated rings. The Morgan fingerprint density at radius 1 is 0.200 bits per heavy atom. The van der Waals surface area contributed by atoms with Gasteiger partial charge in [-0.25, -0.2) is 15.0 Å². The van der Waals surface area contributed by atoms with E-state index < -0.39 is 0 Å². The summed E-state index contributed by atoms with van der Waals surface area (Å²) in [6.45, 7) is 6.72. The molecule has 0 aliphatic rings. The highest BCUT2D eigenvalue weighted by Crippen LogP contribution is 2.53. The molecule has 0 saturated heterocycles. The molecule has 0 spiro atoms. The maximum absolute atomic E-state index is 5.26. The van der Waals surface area contributed by atoms with Crippen LogP contribution in [0.1, 0.15) is 26.3 Å². The summed E-state index contributed by atoms with van der Waals surface area (Å²) >= 11 is 1.89. The van der Waals surface area contributed by atoms with E-state index in [1.165, 1.54) is 102 Å². The molecule has 150 heavy (non-hydrogen) atoms. The lowest BCUT2D eigenvalue weighted by atomic mass is 9.87. The van der Waals surface area contributed by atoms with Gasteiger partial charge in [0.2, 0.25) is 0 Å². The summed E-state index contributed by atoms with van der Waals surface area (Å²) < 4.78 is 11.6. The molecule has 0 amide bonds. The van der Waals surface area contributed by atoms with Gasteiger partial charge in [0.05, 0.1) is 60.9 Å². The Balaban J connectivity index is 0.0000000997. The Morgan fingerprint density at radius 2 is 0.487 bits per heavy atom. The quantitative estimate of drug-likeness (QED) is 0.120. The van der Waals surface area contributed by atoms with Gasteiger partial charge in [0.1, 0.15) is 17.5 Å². The number of thiophene rings is 1. The third kappa shape index (κ3) is 14.6. The van der Waals surface area contributed by atoms with Gasteiger partial charge in [-0.2, -0.15) is 0 Å². The molecular formula is C133H88N16S. The number of hydrogen-bond donors (Lipinski definition) is 0. The lowest BCUT2D eigenvalue weighted by Gasteiger charge is -2.20. The van der Waals surface area contributed by atoms with Crippen molar-refractivity contribution < 1.29 is 0 Å². The molecule has 0 bridgehead atoms. The first-order valence-corrected chi connectivity index (χ1v) is 51.1. The summed E-state index contributed by atoms with van der Waals surface area (Å²) in [5.41, 5.74) is 23.7. The highest BCUT2D eigenvalue weighted by atomic mass is 32.1. The molecule has 0 unspecified atom stereocenters. The van der Waals surface area contributed by atoms with Crippen molar-refractivity contribution >= 4 is 196 Å². The van der Waals surface area contributed by atoms with Gasteiger partial charge in [-0.15, -0.1) is 11.3 Å². The fourth-order valence-corrected chi connectivity index (χ4v) is 23.9. The van der Waals surface area contributed by atoms with Crippen LogP contribution in [0.3, 0.4) is 0 Å². The highest BCUT2D eigenvalue weighted by molar-refractivity contribution is 7.21. The number of pyridine rings is 8. The first-order valence-electron chi connectivity index (χ1n) is 50.3. The number of para-hydroxylation sites is 5. The van der Waals surface area contributed by atoms with Crippen LogP contribution in [0.15, 0.2) is 481 Å². The fraction of sp³-hybridized carbons (Fsp3) is 0.0301. The predicted molar refractivity (Wildman–Crippen MR) is 620 cm³/mol. The molecular weight excluding hydrogens is 1850 g/mol. The lowest BCUT2D eigenvalue weighted by molar-refractivity contribution is 0.590. The summed E-state index contributed by atoms with van der Waals surface area (Å²) in [6.07, 6.45) is 30.4. The van der Waals surface area contributed by atoms with Crippen LogP contribution in [-0.2, 0) is 5.41 Å². The lowest BCUT2D eigenvalue weighted by Crippen LogP contribution is -2.11. The Morgan fingerprint density at radius 3 is 0.867 bits per heavy atom. The van der Waals surface area contributed by atoms with Crippen LogP contribution in [0.2, 0.25) is 0 Å². The molecule has 0 N–H and O–H groups in total. The van der Waals surface area contributed by atoms with Gasteiger partial charge in [0.25, 0.3) is 0 Å². The standard InChI is InChI=1S/C50H30N4S.C29H18N4.C29H24N4.C25H16N4/c1-3-11-33(12-4-1)53-43-17-9-7-15-35(43)39-27-31(19-21-45(39)53)49-47-37-23-25-51-29-41(37)42-30-52-26-24-38(42)48(47)50(55-49)32-20-22-46-40(28-32)36-16-8-10-18-44(36)54(46)34-13-5-2-6-14-34;1-2-8-20(9-3-1)29-32-27-22-13-15-30-17-24(22)25-18-31-16-14-23(25)28(27)33(29)26-12-6-10-19-7-4-5-11-21(19)26;1-29(2,3)20-9-11-21(12-10-20)33-27-23-14-16-31-18-25(23)24-17-30-15-13-22(24)26(27)32-28(33)19-7-5-4-6-8-19;1-3-7-17(8-4-1)25-28-23-19-11-13-26-15-21(19)22-16-27-14-12-20(22)24(23)29(25)18-9-5-2-6-10-18/h1-30H;1-18H;4-18H,1-3H3;1-16H. The van der Waals surface area contributed by atoms with Crippen LogP contribution in [0.4, 0.5) is 0 Å². The number of benzene rings is 17. The smallest absolute Gasteiger partial charge is 0.145 e. The molecule has 14 heterocycles.